The van der Waals surface area contributed by atoms with E-state index in [0.29, 0.717) is 29.7 Å². The van der Waals surface area contributed by atoms with Crippen LogP contribution in [0.5, 0.6) is 5.75 Å². The predicted octanol–water partition coefficient (Wildman–Crippen LogP) is 2.70. The number of aromatic nitrogens is 4. The van der Waals surface area contributed by atoms with E-state index in [4.69, 9.17) is 4.74 Å². The first kappa shape index (κ1) is 25.8. The van der Waals surface area contributed by atoms with Gasteiger partial charge in [-0.05, 0) is 68.4 Å². The van der Waals surface area contributed by atoms with Crippen molar-refractivity contribution in [3.05, 3.63) is 59.7 Å². The second-order valence-corrected chi connectivity index (χ2v) is 11.1. The number of hydrogen-bond donors (Lipinski definition) is 2. The maximum absolute atomic E-state index is 12.8. The van der Waals surface area contributed by atoms with E-state index in [1.165, 1.54) is 6.26 Å². The molecule has 0 aliphatic heterocycles. The third-order valence-electron chi connectivity index (χ3n) is 6.24. The van der Waals surface area contributed by atoms with Crippen molar-refractivity contribution in [1.82, 2.24) is 29.8 Å². The number of benzene rings is 1. The third kappa shape index (κ3) is 7.11. The van der Waals surface area contributed by atoms with Gasteiger partial charge in [-0.1, -0.05) is 12.1 Å². The summed E-state index contributed by atoms with van der Waals surface area (Å²) in [7, 11) is -1.57. The Labute approximate surface area is 211 Å². The summed E-state index contributed by atoms with van der Waals surface area (Å²) in [5, 5.41) is 7.53. The van der Waals surface area contributed by atoms with Crippen LogP contribution in [0.2, 0.25) is 0 Å². The molecule has 2 aromatic heterocycles. The average Bonchev–Trinajstić information content (AvgIpc) is 3.31. The number of carbonyl (C=O) groups is 1. The molecular formula is C25H32N6O4S. The van der Waals surface area contributed by atoms with Crippen LogP contribution >= 0.6 is 0 Å². The monoisotopic (exact) mass is 512 g/mol. The van der Waals surface area contributed by atoms with E-state index < -0.39 is 10.0 Å². The van der Waals surface area contributed by atoms with Gasteiger partial charge in [0, 0.05) is 30.4 Å². The smallest absolute Gasteiger partial charge is 0.270 e. The maximum atomic E-state index is 12.8. The number of carbonyl (C=O) groups excluding carboxylic acids is 1. The van der Waals surface area contributed by atoms with Crippen LogP contribution < -0.4 is 14.8 Å². The van der Waals surface area contributed by atoms with E-state index in [9.17, 15) is 13.2 Å². The zero-order valence-electron chi connectivity index (χ0n) is 20.8. The van der Waals surface area contributed by atoms with Gasteiger partial charge in [0.2, 0.25) is 10.0 Å². The highest BCUT2D eigenvalue weighted by molar-refractivity contribution is 7.88. The Hall–Kier alpha value is -3.31. The van der Waals surface area contributed by atoms with Crippen molar-refractivity contribution < 1.29 is 17.9 Å². The largest absolute Gasteiger partial charge is 0.497 e. The Morgan fingerprint density at radius 3 is 2.67 bits per heavy atom. The van der Waals surface area contributed by atoms with E-state index in [1.54, 1.807) is 19.5 Å². The number of amides is 1. The van der Waals surface area contributed by atoms with Crippen LogP contribution in [-0.4, -0.2) is 53.5 Å². The molecule has 0 spiro atoms. The molecule has 0 atom stereocenters. The Morgan fingerprint density at radius 1 is 1.17 bits per heavy atom. The highest BCUT2D eigenvalue weighted by Gasteiger charge is 2.24. The normalized spacial score (nSPS) is 18.1. The van der Waals surface area contributed by atoms with Crippen LogP contribution in [0.25, 0.3) is 11.4 Å². The molecule has 3 aromatic rings. The molecule has 192 valence electrons. The van der Waals surface area contributed by atoms with Crippen molar-refractivity contribution in [2.75, 3.05) is 13.4 Å². The van der Waals surface area contributed by atoms with Gasteiger partial charge in [-0.2, -0.15) is 5.10 Å². The van der Waals surface area contributed by atoms with Crippen molar-refractivity contribution in [2.24, 2.45) is 5.92 Å². The zero-order chi connectivity index (χ0) is 25.7. The van der Waals surface area contributed by atoms with Crippen LogP contribution in [0, 0.1) is 12.8 Å². The molecule has 2 N–H and O–H groups in total. The van der Waals surface area contributed by atoms with Gasteiger partial charge in [-0.25, -0.2) is 23.1 Å². The molecule has 0 bridgehead atoms. The van der Waals surface area contributed by atoms with Gasteiger partial charge in [0.25, 0.3) is 5.91 Å². The van der Waals surface area contributed by atoms with Gasteiger partial charge >= 0.3 is 0 Å². The van der Waals surface area contributed by atoms with Crippen LogP contribution in [-0.2, 0) is 23.1 Å². The summed E-state index contributed by atoms with van der Waals surface area (Å²) < 4.78 is 32.7. The second-order valence-electron chi connectivity index (χ2n) is 9.31. The first-order valence-corrected chi connectivity index (χ1v) is 13.8. The number of pyridine rings is 1. The molecule has 0 unspecified atom stereocenters. The fourth-order valence-electron chi connectivity index (χ4n) is 4.51. The quantitative estimate of drug-likeness (QED) is 0.451. The summed E-state index contributed by atoms with van der Waals surface area (Å²) in [5.41, 5.74) is 2.67. The van der Waals surface area contributed by atoms with Crippen LogP contribution in [0.15, 0.2) is 42.7 Å². The number of rotatable bonds is 9. The molecule has 1 aromatic carbocycles. The molecule has 1 aliphatic carbocycles. The van der Waals surface area contributed by atoms with Crippen LogP contribution in [0.3, 0.4) is 0 Å². The number of sulfonamides is 1. The molecule has 1 saturated carbocycles. The van der Waals surface area contributed by atoms with Crippen LogP contribution in [0.4, 0.5) is 0 Å². The maximum Gasteiger partial charge on any atom is 0.270 e. The fourth-order valence-corrected chi connectivity index (χ4v) is 5.36. The Kier molecular flexibility index (Phi) is 8.00. The summed E-state index contributed by atoms with van der Waals surface area (Å²) >= 11 is 0. The SMILES string of the molecule is COc1cccc(CNC(=O)c2cc(-c3ncn(CC4CCC(NS(C)(=O)=O)CC4)n3)cc(C)n2)c1. The van der Waals surface area contributed by atoms with Crippen molar-refractivity contribution in [3.8, 4) is 17.1 Å². The summed E-state index contributed by atoms with van der Waals surface area (Å²) in [6.07, 6.45) is 6.39. The topological polar surface area (TPSA) is 128 Å². The van der Waals surface area contributed by atoms with Crippen molar-refractivity contribution in [3.63, 3.8) is 0 Å². The zero-order valence-corrected chi connectivity index (χ0v) is 21.6. The Balaban J connectivity index is 1.37. The highest BCUT2D eigenvalue weighted by atomic mass is 32.2. The Morgan fingerprint density at radius 2 is 1.94 bits per heavy atom. The lowest BCUT2D eigenvalue weighted by atomic mass is 9.86. The number of nitrogens with one attached hydrogen (secondary N) is 2. The molecule has 36 heavy (non-hydrogen) atoms. The van der Waals surface area contributed by atoms with E-state index in [0.717, 1.165) is 49.1 Å². The van der Waals surface area contributed by atoms with Crippen molar-refractivity contribution >= 4 is 15.9 Å². The number of aryl methyl sites for hydroxylation is 1. The third-order valence-corrected chi connectivity index (χ3v) is 7.00. The number of nitrogens with zero attached hydrogens (tertiary/aromatic N) is 4. The van der Waals surface area contributed by atoms with Gasteiger partial charge < -0.3 is 10.1 Å². The molecular weight excluding hydrogens is 480 g/mol. The molecule has 10 nitrogen and oxygen atoms in total. The highest BCUT2D eigenvalue weighted by Crippen LogP contribution is 2.26. The minimum absolute atomic E-state index is 0.0100. The first-order valence-electron chi connectivity index (χ1n) is 12.0. The second kappa shape index (κ2) is 11.2. The van der Waals surface area contributed by atoms with Gasteiger partial charge in [-0.3, -0.25) is 9.48 Å². The summed E-state index contributed by atoms with van der Waals surface area (Å²) in [5.74, 6) is 1.41. The summed E-state index contributed by atoms with van der Waals surface area (Å²) in [6, 6.07) is 11.1. The molecule has 1 fully saturated rings. The average molecular weight is 513 g/mol. The number of hydrogen-bond acceptors (Lipinski definition) is 7. The minimum atomic E-state index is -3.18. The molecule has 4 rings (SSSR count). The lowest BCUT2D eigenvalue weighted by molar-refractivity contribution is 0.0945. The first-order chi connectivity index (χ1) is 17.2. The molecule has 2 heterocycles. The van der Waals surface area contributed by atoms with E-state index >= 15 is 0 Å². The fraction of sp³-hybridized carbons (Fsp3) is 0.440. The van der Waals surface area contributed by atoms with Gasteiger partial charge in [-0.15, -0.1) is 0 Å². The lowest BCUT2D eigenvalue weighted by Gasteiger charge is -2.28. The molecule has 0 radical (unpaired) electrons. The van der Waals surface area contributed by atoms with E-state index in [-0.39, 0.29) is 11.9 Å². The van der Waals surface area contributed by atoms with Gasteiger partial charge in [0.1, 0.15) is 17.8 Å². The summed E-state index contributed by atoms with van der Waals surface area (Å²) in [4.78, 5) is 21.6. The van der Waals surface area contributed by atoms with Gasteiger partial charge in [0.15, 0.2) is 5.82 Å². The van der Waals surface area contributed by atoms with Crippen molar-refractivity contribution in [1.29, 1.82) is 0 Å². The predicted molar refractivity (Wildman–Crippen MR) is 136 cm³/mol. The molecule has 1 amide bonds. The lowest BCUT2D eigenvalue weighted by Crippen LogP contribution is -2.37. The molecule has 0 saturated heterocycles. The van der Waals surface area contributed by atoms with Crippen LogP contribution in [0.1, 0.15) is 47.4 Å². The summed E-state index contributed by atoms with van der Waals surface area (Å²) in [6.45, 7) is 2.91. The molecule has 11 heteroatoms. The standard InChI is InChI=1S/C25H32N6O4S/c1-17-11-20(13-23(28-17)25(32)26-14-19-5-4-6-22(12-19)35-2)24-27-16-31(29-24)15-18-7-9-21(10-8-18)30-36(3,33)34/h4-6,11-13,16,18,21,30H,7-10,14-15H2,1-3H3,(H,26,32). The molecule has 1 aliphatic rings. The number of ether oxygens (including phenoxy) is 1. The minimum Gasteiger partial charge on any atom is -0.497 e. The van der Waals surface area contributed by atoms with E-state index in [1.807, 2.05) is 41.9 Å². The van der Waals surface area contributed by atoms with E-state index in [2.05, 4.69) is 25.1 Å². The van der Waals surface area contributed by atoms with Gasteiger partial charge in [0.05, 0.1) is 13.4 Å². The Bertz CT molecular complexity index is 1320. The van der Waals surface area contributed by atoms with Crippen molar-refractivity contribution in [2.45, 2.75) is 51.7 Å². The number of methoxy groups -OCH3 is 1.